The van der Waals surface area contributed by atoms with Crippen molar-refractivity contribution < 1.29 is 4.74 Å². The normalized spacial score (nSPS) is 14.8. The van der Waals surface area contributed by atoms with Gasteiger partial charge in [-0.1, -0.05) is 12.1 Å². The van der Waals surface area contributed by atoms with Crippen molar-refractivity contribution in [1.82, 2.24) is 38.0 Å². The lowest BCUT2D eigenvalue weighted by atomic mass is 10.1. The highest BCUT2D eigenvalue weighted by atomic mass is 32.1. The summed E-state index contributed by atoms with van der Waals surface area (Å²) in [6, 6.07) is 11.2. The van der Waals surface area contributed by atoms with Crippen LogP contribution in [0.5, 0.6) is 5.88 Å². The summed E-state index contributed by atoms with van der Waals surface area (Å²) in [4.78, 5) is 29.4. The van der Waals surface area contributed by atoms with E-state index < -0.39 is 0 Å². The predicted octanol–water partition coefficient (Wildman–Crippen LogP) is 3.38. The first-order chi connectivity index (χ1) is 18.1. The fraction of sp³-hybridized carbons (Fsp3) is 0.280. The Morgan fingerprint density at radius 2 is 2.00 bits per heavy atom. The van der Waals surface area contributed by atoms with Crippen molar-refractivity contribution in [3.05, 3.63) is 65.6 Å². The van der Waals surface area contributed by atoms with Crippen molar-refractivity contribution in [3.8, 4) is 11.7 Å². The number of rotatable bonds is 7. The molecule has 0 bridgehead atoms. The van der Waals surface area contributed by atoms with Crippen molar-refractivity contribution in [2.75, 3.05) is 25.5 Å². The lowest BCUT2D eigenvalue weighted by Gasteiger charge is -2.29. The largest absolute Gasteiger partial charge is 0.474 e. The molecule has 1 N–H and O–H groups in total. The van der Waals surface area contributed by atoms with Crippen molar-refractivity contribution in [3.63, 3.8) is 0 Å². The quantitative estimate of drug-likeness (QED) is 0.326. The number of hydrogen-bond donors (Lipinski definition) is 1. The fourth-order valence-electron chi connectivity index (χ4n) is 4.46. The summed E-state index contributed by atoms with van der Waals surface area (Å²) in [6.07, 6.45) is 5.20. The molecule has 0 amide bonds. The van der Waals surface area contributed by atoms with E-state index in [1.54, 1.807) is 15.4 Å². The van der Waals surface area contributed by atoms with Gasteiger partial charge >= 0.3 is 0 Å². The van der Waals surface area contributed by atoms with Crippen LogP contribution in [-0.4, -0.2) is 64.2 Å². The van der Waals surface area contributed by atoms with Gasteiger partial charge in [0.05, 0.1) is 18.3 Å². The molecular weight excluding hydrogens is 490 g/mol. The summed E-state index contributed by atoms with van der Waals surface area (Å²) in [5, 5.41) is 3.59. The first-order valence-electron chi connectivity index (χ1n) is 12.0. The van der Waals surface area contributed by atoms with Crippen LogP contribution in [0.3, 0.4) is 0 Å². The van der Waals surface area contributed by atoms with Gasteiger partial charge in [-0.15, -0.1) is 6.58 Å². The first kappa shape index (κ1) is 23.3. The molecule has 0 aliphatic carbocycles. The molecule has 1 aliphatic rings. The number of piperidine rings is 1. The van der Waals surface area contributed by atoms with Crippen LogP contribution in [0.2, 0.25) is 0 Å². The zero-order valence-electron chi connectivity index (χ0n) is 20.2. The van der Waals surface area contributed by atoms with Gasteiger partial charge < -0.3 is 15.0 Å². The van der Waals surface area contributed by atoms with Crippen LogP contribution in [-0.2, 0) is 6.54 Å². The number of hydrogen-bond acceptors (Lipinski definition) is 10. The number of benzene rings is 1. The Balaban J connectivity index is 1.38. The highest BCUT2D eigenvalue weighted by molar-refractivity contribution is 7.00. The van der Waals surface area contributed by atoms with Crippen molar-refractivity contribution >= 4 is 45.4 Å². The molecule has 0 atom stereocenters. The van der Waals surface area contributed by atoms with Crippen LogP contribution in [0.1, 0.15) is 12.8 Å². The third kappa shape index (κ3) is 4.56. The third-order valence-corrected chi connectivity index (χ3v) is 6.92. The Morgan fingerprint density at radius 1 is 1.16 bits per heavy atom. The number of nitrogens with one attached hydrogen (secondary N) is 1. The number of pyridine rings is 1. The predicted molar refractivity (Wildman–Crippen MR) is 143 cm³/mol. The minimum Gasteiger partial charge on any atom is -0.474 e. The smallest absolute Gasteiger partial charge is 0.278 e. The minimum atomic E-state index is -0.222. The second-order valence-corrected chi connectivity index (χ2v) is 9.49. The van der Waals surface area contributed by atoms with Gasteiger partial charge in [0.1, 0.15) is 22.5 Å². The molecule has 0 radical (unpaired) electrons. The van der Waals surface area contributed by atoms with Gasteiger partial charge in [0, 0.05) is 31.0 Å². The van der Waals surface area contributed by atoms with Crippen LogP contribution in [0, 0.1) is 0 Å². The molecule has 5 aromatic rings. The molecule has 6 rings (SSSR count). The molecule has 1 aliphatic heterocycles. The number of anilines is 2. The molecule has 37 heavy (non-hydrogen) atoms. The maximum atomic E-state index is 13.2. The van der Waals surface area contributed by atoms with Crippen LogP contribution in [0.25, 0.3) is 27.9 Å². The van der Waals surface area contributed by atoms with E-state index >= 15 is 0 Å². The second-order valence-electron chi connectivity index (χ2n) is 8.97. The van der Waals surface area contributed by atoms with Crippen molar-refractivity contribution in [2.45, 2.75) is 25.5 Å². The number of ether oxygens (including phenoxy) is 1. The number of allylic oxidation sites excluding steroid dienone is 1. The molecule has 0 saturated carbocycles. The Labute approximate surface area is 216 Å². The maximum absolute atomic E-state index is 13.2. The SMILES string of the molecule is C=CCn1c(=O)c2cnc(Nc3ccc4nsnc4c3)nc2n1-c1cccc(OC2CCN(C)CC2)n1. The summed E-state index contributed by atoms with van der Waals surface area (Å²) in [5.41, 5.74) is 2.60. The van der Waals surface area contributed by atoms with Crippen molar-refractivity contribution in [2.24, 2.45) is 0 Å². The Morgan fingerprint density at radius 3 is 2.84 bits per heavy atom. The van der Waals surface area contributed by atoms with Crippen LogP contribution >= 0.6 is 11.7 Å². The number of aromatic nitrogens is 7. The van der Waals surface area contributed by atoms with E-state index in [9.17, 15) is 4.79 Å². The standard InChI is InChI=1S/C25H25N9O2S/c1-3-11-33-24(35)18-15-26-25(27-16-7-8-19-20(14-16)31-37-30-19)29-23(18)34(33)21-5-4-6-22(28-21)36-17-9-12-32(2)13-10-17/h3-8,14-15,17H,1,9-13H2,2H3,(H,26,27,29). The first-order valence-corrected chi connectivity index (χ1v) is 12.7. The van der Waals surface area contributed by atoms with E-state index in [-0.39, 0.29) is 18.2 Å². The van der Waals surface area contributed by atoms with E-state index in [0.29, 0.717) is 28.7 Å². The van der Waals surface area contributed by atoms with E-state index in [2.05, 4.69) is 37.6 Å². The zero-order chi connectivity index (χ0) is 25.4. The van der Waals surface area contributed by atoms with Gasteiger partial charge in [0.2, 0.25) is 11.8 Å². The lowest BCUT2D eigenvalue weighted by molar-refractivity contribution is 0.110. The molecule has 188 valence electrons. The highest BCUT2D eigenvalue weighted by Crippen LogP contribution is 2.23. The molecule has 1 aromatic carbocycles. The number of likely N-dealkylation sites (tertiary alicyclic amines) is 1. The lowest BCUT2D eigenvalue weighted by Crippen LogP contribution is -2.35. The second kappa shape index (κ2) is 9.71. The molecule has 4 aromatic heterocycles. The van der Waals surface area contributed by atoms with Gasteiger partial charge in [-0.25, -0.2) is 14.3 Å². The molecule has 12 heteroatoms. The van der Waals surface area contributed by atoms with Gasteiger partial charge in [-0.2, -0.15) is 18.7 Å². The van der Waals surface area contributed by atoms with E-state index in [4.69, 9.17) is 14.7 Å². The number of fused-ring (bicyclic) bond motifs is 2. The fourth-order valence-corrected chi connectivity index (χ4v) is 4.98. The molecule has 1 fully saturated rings. The van der Waals surface area contributed by atoms with Crippen molar-refractivity contribution in [1.29, 1.82) is 0 Å². The van der Waals surface area contributed by atoms with E-state index in [1.807, 2.05) is 36.4 Å². The Hall–Kier alpha value is -4.16. The summed E-state index contributed by atoms with van der Waals surface area (Å²) >= 11 is 1.16. The number of nitrogens with zero attached hydrogens (tertiary/aromatic N) is 8. The van der Waals surface area contributed by atoms with Gasteiger partial charge in [0.25, 0.3) is 5.56 Å². The maximum Gasteiger partial charge on any atom is 0.278 e. The van der Waals surface area contributed by atoms with E-state index in [0.717, 1.165) is 54.4 Å². The third-order valence-electron chi connectivity index (χ3n) is 6.37. The summed E-state index contributed by atoms with van der Waals surface area (Å²) in [6.45, 7) is 6.08. The van der Waals surface area contributed by atoms with Crippen LogP contribution in [0.4, 0.5) is 11.6 Å². The Kier molecular flexibility index (Phi) is 6.10. The topological polar surface area (TPSA) is 116 Å². The van der Waals surface area contributed by atoms with Gasteiger partial charge in [-0.05, 0) is 44.2 Å². The molecule has 0 spiro atoms. The minimum absolute atomic E-state index is 0.110. The van der Waals surface area contributed by atoms with Gasteiger partial charge in [0.15, 0.2) is 11.5 Å². The molecule has 5 heterocycles. The molecule has 1 saturated heterocycles. The average Bonchev–Trinajstić information content (AvgIpc) is 3.48. The summed E-state index contributed by atoms with van der Waals surface area (Å²) in [5.74, 6) is 1.39. The van der Waals surface area contributed by atoms with Gasteiger partial charge in [-0.3, -0.25) is 4.79 Å². The molecular formula is C25H25N9O2S. The monoisotopic (exact) mass is 515 g/mol. The zero-order valence-corrected chi connectivity index (χ0v) is 21.1. The van der Waals surface area contributed by atoms with Crippen LogP contribution < -0.4 is 15.6 Å². The highest BCUT2D eigenvalue weighted by Gasteiger charge is 2.21. The van der Waals surface area contributed by atoms with E-state index in [1.165, 1.54) is 6.20 Å². The average molecular weight is 516 g/mol. The van der Waals surface area contributed by atoms with Crippen LogP contribution in [0.15, 0.2) is 60.0 Å². The summed E-state index contributed by atoms with van der Waals surface area (Å²) < 4.78 is 18.0. The molecule has 11 nitrogen and oxygen atoms in total. The molecule has 0 unspecified atom stereocenters. The summed E-state index contributed by atoms with van der Waals surface area (Å²) in [7, 11) is 2.12. The Bertz CT molecular complexity index is 1650.